The summed E-state index contributed by atoms with van der Waals surface area (Å²) in [5.74, 6) is 3.74. The van der Waals surface area contributed by atoms with Gasteiger partial charge in [0.15, 0.2) is 0 Å². The number of terminal acetylenes is 1. The summed E-state index contributed by atoms with van der Waals surface area (Å²) >= 11 is 1.77. The monoisotopic (exact) mass is 274 g/mol. The fraction of sp³-hybridized carbons (Fsp3) is 0.500. The Morgan fingerprint density at radius 3 is 2.42 bits per heavy atom. The Morgan fingerprint density at radius 1 is 1.26 bits per heavy atom. The molecule has 4 rings (SSSR count). The van der Waals surface area contributed by atoms with Gasteiger partial charge < -0.3 is 9.47 Å². The lowest BCUT2D eigenvalue weighted by molar-refractivity contribution is -0.266. The van der Waals surface area contributed by atoms with Gasteiger partial charge in [-0.05, 0) is 18.6 Å². The van der Waals surface area contributed by atoms with Gasteiger partial charge in [0, 0.05) is 22.3 Å². The number of hydrogen-bond acceptors (Lipinski definition) is 3. The minimum atomic E-state index is -0.609. The third kappa shape index (κ3) is 2.18. The second kappa shape index (κ2) is 4.86. The van der Waals surface area contributed by atoms with Gasteiger partial charge in [0.05, 0.1) is 13.2 Å². The van der Waals surface area contributed by atoms with E-state index in [1.807, 2.05) is 24.3 Å². The first-order valence-electron chi connectivity index (χ1n) is 6.71. The molecule has 0 aliphatic carbocycles. The van der Waals surface area contributed by atoms with Gasteiger partial charge in [-0.2, -0.15) is 0 Å². The first kappa shape index (κ1) is 13.1. The summed E-state index contributed by atoms with van der Waals surface area (Å²) in [5, 5.41) is -0.609. The van der Waals surface area contributed by atoms with Crippen molar-refractivity contribution in [2.24, 2.45) is 5.41 Å². The molecule has 0 unspecified atom stereocenters. The first-order chi connectivity index (χ1) is 9.22. The molecule has 100 valence electrons. The van der Waals surface area contributed by atoms with Crippen molar-refractivity contribution in [2.45, 2.75) is 24.9 Å². The second-order valence-corrected chi connectivity index (χ2v) is 6.51. The quantitative estimate of drug-likeness (QED) is 0.787. The van der Waals surface area contributed by atoms with E-state index in [2.05, 4.69) is 12.8 Å². The molecule has 3 heteroatoms. The smallest absolute Gasteiger partial charge is 0.245 e. The number of thioether (sulfide) groups is 1. The molecule has 19 heavy (non-hydrogen) atoms. The Hall–Kier alpha value is -0.950. The molecule has 2 nitrogen and oxygen atoms in total. The number of benzene rings is 1. The molecule has 1 aromatic carbocycles. The third-order valence-electron chi connectivity index (χ3n) is 3.89. The zero-order chi connectivity index (χ0) is 13.3. The van der Waals surface area contributed by atoms with Crippen LogP contribution in [0.1, 0.15) is 30.9 Å². The van der Waals surface area contributed by atoms with E-state index in [-0.39, 0.29) is 5.41 Å². The largest absolute Gasteiger partial charge is 0.337 e. The molecule has 0 N–H and O–H groups in total. The maximum absolute atomic E-state index is 6.07. The van der Waals surface area contributed by atoms with Crippen molar-refractivity contribution in [1.82, 2.24) is 0 Å². The molecule has 0 amide bonds. The Morgan fingerprint density at radius 2 is 1.95 bits per heavy atom. The average molecular weight is 274 g/mol. The van der Waals surface area contributed by atoms with Crippen LogP contribution >= 0.6 is 11.8 Å². The molecular formula is C16H18O2S. The fourth-order valence-corrected chi connectivity index (χ4v) is 4.16. The average Bonchev–Trinajstić information content (AvgIpc) is 2.49. The van der Waals surface area contributed by atoms with Gasteiger partial charge in [-0.15, -0.1) is 6.42 Å². The zero-order valence-corrected chi connectivity index (χ0v) is 12.0. The molecule has 0 atom stereocenters. The summed E-state index contributed by atoms with van der Waals surface area (Å²) in [6.45, 7) is 3.81. The molecular weight excluding hydrogens is 256 g/mol. The molecule has 3 saturated heterocycles. The maximum Gasteiger partial charge on any atom is 0.245 e. The molecule has 0 radical (unpaired) electrons. The highest BCUT2D eigenvalue weighted by Gasteiger charge is 2.52. The van der Waals surface area contributed by atoms with Crippen molar-refractivity contribution in [3.63, 3.8) is 0 Å². The topological polar surface area (TPSA) is 18.5 Å². The molecule has 0 spiro atoms. The Kier molecular flexibility index (Phi) is 3.34. The first-order valence-corrected chi connectivity index (χ1v) is 7.70. The van der Waals surface area contributed by atoms with E-state index >= 15 is 0 Å². The van der Waals surface area contributed by atoms with Crippen LogP contribution in [0.2, 0.25) is 0 Å². The van der Waals surface area contributed by atoms with E-state index in [9.17, 15) is 0 Å². The molecule has 3 aliphatic rings. The van der Waals surface area contributed by atoms with E-state index in [0.29, 0.717) is 0 Å². The fourth-order valence-electron chi connectivity index (χ4n) is 2.76. The number of fused-ring (bicyclic) bond motifs is 3. The SMILES string of the molecule is C#Cc1ccc(C23OCC(CCC)(CO2)CS3)cc1. The van der Waals surface area contributed by atoms with Gasteiger partial charge in [0.2, 0.25) is 5.12 Å². The van der Waals surface area contributed by atoms with Crippen LogP contribution in [0.5, 0.6) is 0 Å². The molecule has 2 bridgehead atoms. The van der Waals surface area contributed by atoms with Crippen molar-refractivity contribution >= 4 is 11.8 Å². The van der Waals surface area contributed by atoms with E-state index in [1.54, 1.807) is 11.8 Å². The number of hydrogen-bond donors (Lipinski definition) is 0. The van der Waals surface area contributed by atoms with Gasteiger partial charge in [-0.25, -0.2) is 0 Å². The van der Waals surface area contributed by atoms with Crippen LogP contribution in [0.4, 0.5) is 0 Å². The molecule has 3 heterocycles. The predicted molar refractivity (Wildman–Crippen MR) is 77.8 cm³/mol. The van der Waals surface area contributed by atoms with Gasteiger partial charge in [0.1, 0.15) is 0 Å². The molecule has 1 aromatic rings. The minimum Gasteiger partial charge on any atom is -0.337 e. The highest BCUT2D eigenvalue weighted by atomic mass is 32.2. The van der Waals surface area contributed by atoms with E-state index in [4.69, 9.17) is 15.9 Å². The lowest BCUT2D eigenvalue weighted by atomic mass is 9.86. The summed E-state index contributed by atoms with van der Waals surface area (Å²) in [5.41, 5.74) is 2.17. The molecule has 3 fully saturated rings. The van der Waals surface area contributed by atoms with Crippen molar-refractivity contribution in [2.75, 3.05) is 19.0 Å². The Balaban J connectivity index is 1.81. The highest BCUT2D eigenvalue weighted by molar-refractivity contribution is 8.00. The summed E-state index contributed by atoms with van der Waals surface area (Å²) in [6.07, 6.45) is 7.74. The summed E-state index contributed by atoms with van der Waals surface area (Å²) in [6, 6.07) is 7.92. The third-order valence-corrected chi connectivity index (χ3v) is 5.50. The normalized spacial score (nSPS) is 33.1. The van der Waals surface area contributed by atoms with Gasteiger partial charge in [-0.1, -0.05) is 43.2 Å². The Labute approximate surface area is 118 Å². The van der Waals surface area contributed by atoms with Crippen LogP contribution < -0.4 is 0 Å². The predicted octanol–water partition coefficient (Wildman–Crippen LogP) is 3.36. The van der Waals surface area contributed by atoms with E-state index in [1.165, 1.54) is 12.8 Å². The number of rotatable bonds is 3. The second-order valence-electron chi connectivity index (χ2n) is 5.39. The summed E-state index contributed by atoms with van der Waals surface area (Å²) < 4.78 is 12.1. The van der Waals surface area contributed by atoms with E-state index < -0.39 is 5.12 Å². The zero-order valence-electron chi connectivity index (χ0n) is 11.1. The standard InChI is InChI=1S/C16H18O2S/c1-3-9-15-10-17-16(18-11-15,19-12-15)14-7-5-13(4-2)6-8-14/h2,5-8H,3,9-12H2,1H3. The Bertz CT molecular complexity index is 476. The number of ether oxygens (including phenoxy) is 2. The summed E-state index contributed by atoms with van der Waals surface area (Å²) in [4.78, 5) is 0. The van der Waals surface area contributed by atoms with Crippen LogP contribution in [-0.2, 0) is 14.6 Å². The molecule has 3 aliphatic heterocycles. The van der Waals surface area contributed by atoms with Crippen molar-refractivity contribution in [3.8, 4) is 12.3 Å². The molecule has 0 aromatic heterocycles. The van der Waals surface area contributed by atoms with Gasteiger partial charge in [0.25, 0.3) is 0 Å². The van der Waals surface area contributed by atoms with Crippen LogP contribution in [0, 0.1) is 17.8 Å². The van der Waals surface area contributed by atoms with Crippen molar-refractivity contribution in [3.05, 3.63) is 35.4 Å². The highest BCUT2D eigenvalue weighted by Crippen LogP contribution is 2.53. The maximum atomic E-state index is 6.07. The van der Waals surface area contributed by atoms with Crippen LogP contribution in [0.15, 0.2) is 24.3 Å². The van der Waals surface area contributed by atoms with E-state index in [0.717, 1.165) is 30.1 Å². The lowest BCUT2D eigenvalue weighted by Crippen LogP contribution is -2.53. The van der Waals surface area contributed by atoms with Crippen LogP contribution in [0.3, 0.4) is 0 Å². The van der Waals surface area contributed by atoms with Gasteiger partial charge in [-0.3, -0.25) is 0 Å². The van der Waals surface area contributed by atoms with Crippen molar-refractivity contribution < 1.29 is 9.47 Å². The lowest BCUT2D eigenvalue weighted by Gasteiger charge is -2.52. The van der Waals surface area contributed by atoms with Crippen molar-refractivity contribution in [1.29, 1.82) is 0 Å². The van der Waals surface area contributed by atoms with Crippen LogP contribution in [0.25, 0.3) is 0 Å². The minimum absolute atomic E-state index is 0.222. The molecule has 0 saturated carbocycles. The van der Waals surface area contributed by atoms with Gasteiger partial charge >= 0.3 is 0 Å². The van der Waals surface area contributed by atoms with Crippen LogP contribution in [-0.4, -0.2) is 19.0 Å². The summed E-state index contributed by atoms with van der Waals surface area (Å²) in [7, 11) is 0.